The lowest BCUT2D eigenvalue weighted by atomic mass is 10.1. The van der Waals surface area contributed by atoms with Crippen LogP contribution in [0.5, 0.6) is 0 Å². The van der Waals surface area contributed by atoms with Crippen LogP contribution in [0.2, 0.25) is 0 Å². The Morgan fingerprint density at radius 1 is 1.35 bits per heavy atom. The predicted molar refractivity (Wildman–Crippen MR) is 75.9 cm³/mol. The molecule has 1 aromatic carbocycles. The van der Waals surface area contributed by atoms with Gasteiger partial charge in [0.25, 0.3) is 0 Å². The van der Waals surface area contributed by atoms with Crippen molar-refractivity contribution in [1.29, 1.82) is 0 Å². The van der Waals surface area contributed by atoms with Gasteiger partial charge in [-0.1, -0.05) is 15.9 Å². The molecule has 0 saturated carbocycles. The third-order valence-corrected chi connectivity index (χ3v) is 3.51. The van der Waals surface area contributed by atoms with E-state index in [4.69, 9.17) is 11.6 Å². The normalized spacial score (nSPS) is 11.4. The minimum atomic E-state index is 0.0278. The van der Waals surface area contributed by atoms with Gasteiger partial charge in [0.1, 0.15) is 0 Å². The van der Waals surface area contributed by atoms with E-state index in [1.165, 1.54) is 0 Å². The van der Waals surface area contributed by atoms with Crippen molar-refractivity contribution in [3.05, 3.63) is 44.7 Å². The van der Waals surface area contributed by atoms with Crippen LogP contribution in [-0.2, 0) is 5.88 Å². The lowest BCUT2D eigenvalue weighted by Gasteiger charge is -2.19. The number of rotatable bonds is 2. The Balaban J connectivity index is 2.95. The number of nitrogens with zero attached hydrogens (tertiary/aromatic N) is 1. The van der Waals surface area contributed by atoms with Crippen molar-refractivity contribution < 1.29 is 0 Å². The highest BCUT2D eigenvalue weighted by molar-refractivity contribution is 9.10. The zero-order valence-corrected chi connectivity index (χ0v) is 12.0. The number of aromatic nitrogens is 1. The standard InChI is InChI=1S/C13H13BrClNO/c1-8(2)16-10(7-15)6-13(17)11-4-3-9(14)5-12(11)16/h3-6,8H,7H2,1-2H3. The number of hydrogen-bond acceptors (Lipinski definition) is 1. The smallest absolute Gasteiger partial charge is 0.189 e. The van der Waals surface area contributed by atoms with Crippen LogP contribution >= 0.6 is 27.5 Å². The molecule has 0 bridgehead atoms. The minimum absolute atomic E-state index is 0.0278. The second-order valence-corrected chi connectivity index (χ2v) is 5.44. The molecular formula is C13H13BrClNO. The molecule has 1 aromatic heterocycles. The monoisotopic (exact) mass is 313 g/mol. The van der Waals surface area contributed by atoms with E-state index in [0.717, 1.165) is 21.1 Å². The van der Waals surface area contributed by atoms with Gasteiger partial charge in [-0.25, -0.2) is 0 Å². The number of halogens is 2. The summed E-state index contributed by atoms with van der Waals surface area (Å²) in [6.45, 7) is 4.17. The molecule has 0 unspecified atom stereocenters. The Kier molecular flexibility index (Phi) is 3.59. The van der Waals surface area contributed by atoms with Crippen LogP contribution in [0, 0.1) is 0 Å². The molecule has 2 nitrogen and oxygen atoms in total. The van der Waals surface area contributed by atoms with Gasteiger partial charge < -0.3 is 4.57 Å². The summed E-state index contributed by atoms with van der Waals surface area (Å²) < 4.78 is 3.07. The maximum Gasteiger partial charge on any atom is 0.189 e. The van der Waals surface area contributed by atoms with E-state index in [1.807, 2.05) is 18.2 Å². The van der Waals surface area contributed by atoms with Crippen LogP contribution < -0.4 is 5.43 Å². The molecule has 17 heavy (non-hydrogen) atoms. The summed E-state index contributed by atoms with van der Waals surface area (Å²) in [4.78, 5) is 12.0. The third kappa shape index (κ3) is 2.26. The molecule has 0 amide bonds. The quantitative estimate of drug-likeness (QED) is 0.765. The fourth-order valence-electron chi connectivity index (χ4n) is 2.08. The summed E-state index contributed by atoms with van der Waals surface area (Å²) in [5.41, 5.74) is 1.81. The van der Waals surface area contributed by atoms with Gasteiger partial charge in [0, 0.05) is 27.7 Å². The highest BCUT2D eigenvalue weighted by atomic mass is 79.9. The van der Waals surface area contributed by atoms with Crippen LogP contribution in [0.3, 0.4) is 0 Å². The topological polar surface area (TPSA) is 22.0 Å². The van der Waals surface area contributed by atoms with Crippen LogP contribution in [0.1, 0.15) is 25.6 Å². The van der Waals surface area contributed by atoms with Crippen LogP contribution in [0.15, 0.2) is 33.5 Å². The van der Waals surface area contributed by atoms with E-state index in [0.29, 0.717) is 5.88 Å². The van der Waals surface area contributed by atoms with E-state index in [1.54, 1.807) is 6.07 Å². The lowest BCUT2D eigenvalue weighted by Crippen LogP contribution is -2.15. The van der Waals surface area contributed by atoms with E-state index in [-0.39, 0.29) is 11.5 Å². The highest BCUT2D eigenvalue weighted by Gasteiger charge is 2.11. The number of benzene rings is 1. The third-order valence-electron chi connectivity index (χ3n) is 2.75. The van der Waals surface area contributed by atoms with Gasteiger partial charge >= 0.3 is 0 Å². The molecule has 90 valence electrons. The second-order valence-electron chi connectivity index (χ2n) is 4.26. The Bertz CT molecular complexity index is 619. The molecule has 0 saturated heterocycles. The van der Waals surface area contributed by atoms with Crippen molar-refractivity contribution in [2.24, 2.45) is 0 Å². The number of alkyl halides is 1. The van der Waals surface area contributed by atoms with Gasteiger partial charge in [0.15, 0.2) is 5.43 Å². The largest absolute Gasteiger partial charge is 0.341 e. The van der Waals surface area contributed by atoms with Crippen LogP contribution in [0.25, 0.3) is 10.9 Å². The summed E-state index contributed by atoms with van der Waals surface area (Å²) >= 11 is 9.36. The molecule has 0 N–H and O–H groups in total. The zero-order chi connectivity index (χ0) is 12.6. The molecule has 0 aliphatic heterocycles. The van der Waals surface area contributed by atoms with Gasteiger partial charge in [-0.15, -0.1) is 11.6 Å². The van der Waals surface area contributed by atoms with Gasteiger partial charge in [-0.2, -0.15) is 0 Å². The fraction of sp³-hybridized carbons (Fsp3) is 0.308. The van der Waals surface area contributed by atoms with Gasteiger partial charge in [-0.05, 0) is 32.0 Å². The maximum absolute atomic E-state index is 12.0. The molecule has 2 rings (SSSR count). The Hall–Kier alpha value is -0.800. The van der Waals surface area contributed by atoms with Crippen molar-refractivity contribution in [3.8, 4) is 0 Å². The van der Waals surface area contributed by atoms with E-state index in [9.17, 15) is 4.79 Å². The second kappa shape index (κ2) is 4.83. The first-order valence-corrected chi connectivity index (χ1v) is 6.77. The van der Waals surface area contributed by atoms with Crippen molar-refractivity contribution in [2.45, 2.75) is 25.8 Å². The summed E-state index contributed by atoms with van der Waals surface area (Å²) in [5, 5.41) is 0.732. The number of hydrogen-bond donors (Lipinski definition) is 0. The summed E-state index contributed by atoms with van der Waals surface area (Å²) in [6, 6.07) is 7.59. The van der Waals surface area contributed by atoms with Crippen molar-refractivity contribution in [3.63, 3.8) is 0 Å². The minimum Gasteiger partial charge on any atom is -0.341 e. The molecule has 2 aromatic rings. The van der Waals surface area contributed by atoms with E-state index < -0.39 is 0 Å². The van der Waals surface area contributed by atoms with Gasteiger partial charge in [-0.3, -0.25) is 4.79 Å². The molecule has 1 heterocycles. The summed E-state index contributed by atoms with van der Waals surface area (Å²) in [5.74, 6) is 0.343. The Labute approximate surface area is 113 Å². The molecule has 0 aliphatic carbocycles. The number of pyridine rings is 1. The molecule has 0 spiro atoms. The average Bonchev–Trinajstić information content (AvgIpc) is 2.27. The summed E-state index contributed by atoms with van der Waals surface area (Å²) in [7, 11) is 0. The highest BCUT2D eigenvalue weighted by Crippen LogP contribution is 2.23. The van der Waals surface area contributed by atoms with Crippen molar-refractivity contribution in [1.82, 2.24) is 4.57 Å². The fourth-order valence-corrected chi connectivity index (χ4v) is 2.63. The van der Waals surface area contributed by atoms with E-state index >= 15 is 0 Å². The number of fused-ring (bicyclic) bond motifs is 1. The first-order chi connectivity index (χ1) is 8.04. The van der Waals surface area contributed by atoms with Crippen LogP contribution in [-0.4, -0.2) is 4.57 Å². The SMILES string of the molecule is CC(C)n1c(CCl)cc(=O)c2ccc(Br)cc21. The summed E-state index contributed by atoms with van der Waals surface area (Å²) in [6.07, 6.45) is 0. The van der Waals surface area contributed by atoms with Crippen LogP contribution in [0.4, 0.5) is 0 Å². The van der Waals surface area contributed by atoms with Gasteiger partial charge in [0.2, 0.25) is 0 Å². The molecule has 0 radical (unpaired) electrons. The predicted octanol–water partition coefficient (Wildman–Crippen LogP) is 4.08. The lowest BCUT2D eigenvalue weighted by molar-refractivity contribution is 0.599. The van der Waals surface area contributed by atoms with E-state index in [2.05, 4.69) is 34.3 Å². The van der Waals surface area contributed by atoms with Crippen molar-refractivity contribution >= 4 is 38.4 Å². The molecule has 4 heteroatoms. The molecule has 0 atom stereocenters. The molecule has 0 fully saturated rings. The van der Waals surface area contributed by atoms with Crippen molar-refractivity contribution in [2.75, 3.05) is 0 Å². The maximum atomic E-state index is 12.0. The first-order valence-electron chi connectivity index (χ1n) is 5.44. The Morgan fingerprint density at radius 2 is 2.06 bits per heavy atom. The van der Waals surface area contributed by atoms with Gasteiger partial charge in [0.05, 0.1) is 11.4 Å². The zero-order valence-electron chi connectivity index (χ0n) is 9.71. The Morgan fingerprint density at radius 3 is 2.65 bits per heavy atom. The average molecular weight is 315 g/mol. The first kappa shape index (κ1) is 12.7. The molecular weight excluding hydrogens is 302 g/mol. The molecule has 0 aliphatic rings.